The topological polar surface area (TPSA) is 80.3 Å². The molecule has 1 atom stereocenters. The van der Waals surface area contributed by atoms with Gasteiger partial charge < -0.3 is 23.7 Å². The molecule has 0 saturated heterocycles. The predicted molar refractivity (Wildman–Crippen MR) is 203 cm³/mol. The lowest BCUT2D eigenvalue weighted by atomic mass is 10.1. The molecule has 7 nitrogen and oxygen atoms in total. The van der Waals surface area contributed by atoms with Crippen molar-refractivity contribution >= 4 is 11.9 Å². The molecule has 7 heteroatoms. The highest BCUT2D eigenvalue weighted by Gasteiger charge is 2.18. The zero-order chi connectivity index (χ0) is 36.3. The van der Waals surface area contributed by atoms with Gasteiger partial charge in [-0.25, -0.2) is 9.59 Å². The summed E-state index contributed by atoms with van der Waals surface area (Å²) in [6.45, 7) is 10.1. The highest BCUT2D eigenvalue weighted by atomic mass is 16.5. The van der Waals surface area contributed by atoms with Gasteiger partial charge in [-0.05, 0) is 90.6 Å². The van der Waals surface area contributed by atoms with Gasteiger partial charge in [-0.1, -0.05) is 103 Å². The first-order valence-corrected chi connectivity index (χ1v) is 18.3. The first-order valence-electron chi connectivity index (χ1n) is 18.3. The summed E-state index contributed by atoms with van der Waals surface area (Å²) in [4.78, 5) is 26.1. The molecule has 0 aliphatic heterocycles. The zero-order valence-electron chi connectivity index (χ0n) is 30.5. The predicted octanol–water partition coefficient (Wildman–Crippen LogP) is 11.3. The van der Waals surface area contributed by atoms with Crippen molar-refractivity contribution in [1.29, 1.82) is 0 Å². The summed E-state index contributed by atoms with van der Waals surface area (Å²) in [5.41, 5.74) is 2.64. The number of ether oxygens (including phenoxy) is 5. The smallest absolute Gasteiger partial charge is 0.347 e. The molecule has 0 amide bonds. The van der Waals surface area contributed by atoms with E-state index in [4.69, 9.17) is 23.7 Å². The molecule has 0 saturated carbocycles. The molecule has 0 fully saturated rings. The molecule has 51 heavy (non-hydrogen) atoms. The maximum atomic E-state index is 13.2. The Bertz CT molecular complexity index is 1660. The SMILES string of the molecule is CC/C=C/COc1cc(OC[C@@H](C)CC)ccc1C(=O)Oc1ccc(C(=O)Oc2ccc(-c3ccc(OCCCCCCCC)cc3)cc2)cc1. The highest BCUT2D eigenvalue weighted by molar-refractivity contribution is 5.95. The number of esters is 2. The molecule has 0 N–H and O–H groups in total. The number of carbonyl (C=O) groups is 2. The fraction of sp³-hybridized carbons (Fsp3) is 0.364. The molecule has 270 valence electrons. The summed E-state index contributed by atoms with van der Waals surface area (Å²) in [5.74, 6) is 1.88. The van der Waals surface area contributed by atoms with Gasteiger partial charge in [0, 0.05) is 6.07 Å². The maximum Gasteiger partial charge on any atom is 0.347 e. The Hall–Kier alpha value is -5.04. The molecule has 0 aliphatic carbocycles. The molecule has 0 aromatic heterocycles. The lowest BCUT2D eigenvalue weighted by molar-refractivity contribution is 0.0727. The van der Waals surface area contributed by atoms with Crippen LogP contribution in [0.4, 0.5) is 0 Å². The van der Waals surface area contributed by atoms with E-state index in [1.165, 1.54) is 32.1 Å². The van der Waals surface area contributed by atoms with Gasteiger partial charge in [0.25, 0.3) is 0 Å². The van der Waals surface area contributed by atoms with Gasteiger partial charge >= 0.3 is 11.9 Å². The van der Waals surface area contributed by atoms with Crippen LogP contribution in [0.2, 0.25) is 0 Å². The van der Waals surface area contributed by atoms with E-state index < -0.39 is 11.9 Å². The molecular formula is C44H52O7. The first kappa shape index (κ1) is 38.8. The third-order valence-electron chi connectivity index (χ3n) is 8.46. The van der Waals surface area contributed by atoms with Crippen molar-refractivity contribution in [3.63, 3.8) is 0 Å². The van der Waals surface area contributed by atoms with Crippen LogP contribution in [-0.4, -0.2) is 31.8 Å². The lowest BCUT2D eigenvalue weighted by Gasteiger charge is -2.14. The van der Waals surface area contributed by atoms with E-state index >= 15 is 0 Å². The van der Waals surface area contributed by atoms with Gasteiger partial charge in [-0.3, -0.25) is 0 Å². The van der Waals surface area contributed by atoms with Crippen molar-refractivity contribution in [2.24, 2.45) is 5.92 Å². The Labute approximate surface area is 303 Å². The van der Waals surface area contributed by atoms with Crippen molar-refractivity contribution in [2.45, 2.75) is 79.1 Å². The van der Waals surface area contributed by atoms with Gasteiger partial charge in [0.15, 0.2) is 0 Å². The van der Waals surface area contributed by atoms with E-state index in [9.17, 15) is 9.59 Å². The molecule has 4 rings (SSSR count). The van der Waals surface area contributed by atoms with Crippen LogP contribution in [0.5, 0.6) is 28.7 Å². The van der Waals surface area contributed by atoms with Crippen molar-refractivity contribution in [1.82, 2.24) is 0 Å². The van der Waals surface area contributed by atoms with Gasteiger partial charge in [-0.2, -0.15) is 0 Å². The van der Waals surface area contributed by atoms with Crippen molar-refractivity contribution in [2.75, 3.05) is 19.8 Å². The molecule has 0 heterocycles. The third kappa shape index (κ3) is 13.0. The van der Waals surface area contributed by atoms with Gasteiger partial charge in [-0.15, -0.1) is 0 Å². The van der Waals surface area contributed by atoms with Crippen LogP contribution in [0.1, 0.15) is 99.8 Å². The Morgan fingerprint density at radius 2 is 1.20 bits per heavy atom. The number of rotatable bonds is 21. The van der Waals surface area contributed by atoms with Crippen LogP contribution in [0, 0.1) is 5.92 Å². The standard InChI is InChI=1S/C44H52O7/c1-5-8-10-11-12-14-29-47-37-21-15-34(16-22-37)35-17-23-38(24-18-35)50-43(45)36-19-25-39(26-20-36)51-44(46)41-28-27-40(49-32-33(4)7-3)31-42(41)48-30-13-9-6-2/h9,13,15-28,31,33H,5-8,10-12,14,29-30,32H2,1-4H3/b13-9+/t33-/m0/s1. The number of allylic oxidation sites excluding steroid dienone is 1. The molecule has 4 aromatic rings. The van der Waals surface area contributed by atoms with Crippen molar-refractivity contribution in [3.05, 3.63) is 114 Å². The van der Waals surface area contributed by atoms with E-state index in [1.807, 2.05) is 55.5 Å². The van der Waals surface area contributed by atoms with Gasteiger partial charge in [0.2, 0.25) is 0 Å². The second-order valence-electron chi connectivity index (χ2n) is 12.6. The maximum absolute atomic E-state index is 13.2. The summed E-state index contributed by atoms with van der Waals surface area (Å²) in [7, 11) is 0. The fourth-order valence-corrected chi connectivity index (χ4v) is 5.13. The average Bonchev–Trinajstić information content (AvgIpc) is 3.16. The van der Waals surface area contributed by atoms with E-state index in [2.05, 4.69) is 20.8 Å². The van der Waals surface area contributed by atoms with Crippen molar-refractivity contribution < 1.29 is 33.3 Å². The summed E-state index contributed by atoms with van der Waals surface area (Å²) in [6.07, 6.45) is 13.2. The molecule has 0 radical (unpaired) electrons. The quantitative estimate of drug-likeness (QED) is 0.0372. The van der Waals surface area contributed by atoms with Crippen LogP contribution < -0.4 is 23.7 Å². The van der Waals surface area contributed by atoms with Crippen LogP contribution >= 0.6 is 0 Å². The fourth-order valence-electron chi connectivity index (χ4n) is 5.13. The summed E-state index contributed by atoms with van der Waals surface area (Å²) in [5, 5.41) is 0. The lowest BCUT2D eigenvalue weighted by Crippen LogP contribution is -2.12. The minimum Gasteiger partial charge on any atom is -0.494 e. The van der Waals surface area contributed by atoms with Crippen LogP contribution in [0.3, 0.4) is 0 Å². The minimum absolute atomic E-state index is 0.274. The van der Waals surface area contributed by atoms with Crippen LogP contribution in [0.25, 0.3) is 11.1 Å². The first-order chi connectivity index (χ1) is 24.9. The summed E-state index contributed by atoms with van der Waals surface area (Å²) in [6, 6.07) is 26.8. The number of hydrogen-bond donors (Lipinski definition) is 0. The minimum atomic E-state index is -0.580. The Morgan fingerprint density at radius 3 is 1.84 bits per heavy atom. The number of benzene rings is 4. The van der Waals surface area contributed by atoms with Gasteiger partial charge in [0.1, 0.15) is 40.9 Å². The molecule has 0 spiro atoms. The molecule has 0 aliphatic rings. The molecule has 0 bridgehead atoms. The van der Waals surface area contributed by atoms with Gasteiger partial charge in [0.05, 0.1) is 18.8 Å². The third-order valence-corrected chi connectivity index (χ3v) is 8.46. The van der Waals surface area contributed by atoms with Crippen LogP contribution in [0.15, 0.2) is 103 Å². The normalized spacial score (nSPS) is 11.6. The molecule has 4 aromatic carbocycles. The van der Waals surface area contributed by atoms with E-state index in [0.29, 0.717) is 41.9 Å². The second-order valence-corrected chi connectivity index (χ2v) is 12.6. The Balaban J connectivity index is 1.30. The average molecular weight is 693 g/mol. The Kier molecular flexibility index (Phi) is 16.1. The van der Waals surface area contributed by atoms with Crippen LogP contribution in [-0.2, 0) is 0 Å². The largest absolute Gasteiger partial charge is 0.494 e. The second kappa shape index (κ2) is 21.2. The monoisotopic (exact) mass is 692 g/mol. The van der Waals surface area contributed by atoms with Crippen molar-refractivity contribution in [3.8, 4) is 39.9 Å². The number of carbonyl (C=O) groups excluding carboxylic acids is 2. The number of unbranched alkanes of at least 4 members (excludes halogenated alkanes) is 5. The van der Waals surface area contributed by atoms with E-state index in [1.54, 1.807) is 54.6 Å². The summed E-state index contributed by atoms with van der Waals surface area (Å²) < 4.78 is 29.0. The zero-order valence-corrected chi connectivity index (χ0v) is 30.5. The highest BCUT2D eigenvalue weighted by Crippen LogP contribution is 2.28. The number of hydrogen-bond acceptors (Lipinski definition) is 7. The molecular weight excluding hydrogens is 640 g/mol. The Morgan fingerprint density at radius 1 is 0.608 bits per heavy atom. The van der Waals surface area contributed by atoms with E-state index in [0.717, 1.165) is 42.7 Å². The van der Waals surface area contributed by atoms with E-state index in [-0.39, 0.29) is 11.3 Å². The molecule has 0 unspecified atom stereocenters. The summed E-state index contributed by atoms with van der Waals surface area (Å²) >= 11 is 0.